The van der Waals surface area contributed by atoms with Gasteiger partial charge in [-0.3, -0.25) is 9.59 Å². The molecule has 1 N–H and O–H groups in total. The first kappa shape index (κ1) is 18.2. The maximum Gasteiger partial charge on any atom is 0.267 e. The monoisotopic (exact) mass is 394 g/mol. The highest BCUT2D eigenvalue weighted by atomic mass is 32.2. The number of carbonyl (C=O) groups excluding carboxylic acids is 2. The molecular formula is C21H18N2O4S. The Morgan fingerprint density at radius 2 is 1.61 bits per heavy atom. The van der Waals surface area contributed by atoms with Crippen LogP contribution in [-0.4, -0.2) is 30.6 Å². The van der Waals surface area contributed by atoms with Gasteiger partial charge in [0.25, 0.3) is 10.0 Å². The SMILES string of the molecule is O=C(Nc1cccc2ccccc12)C1CCC(=O)N1S(=O)(=O)c1ccccc1. The normalized spacial score (nSPS) is 17.1. The third kappa shape index (κ3) is 3.14. The van der Waals surface area contributed by atoms with Crippen LogP contribution in [0.2, 0.25) is 0 Å². The number of fused-ring (bicyclic) bond motifs is 1. The van der Waals surface area contributed by atoms with Crippen molar-refractivity contribution in [2.75, 3.05) is 5.32 Å². The van der Waals surface area contributed by atoms with Gasteiger partial charge >= 0.3 is 0 Å². The van der Waals surface area contributed by atoms with E-state index in [4.69, 9.17) is 0 Å². The summed E-state index contributed by atoms with van der Waals surface area (Å²) in [6, 6.07) is 19.7. The minimum atomic E-state index is -4.09. The predicted molar refractivity (Wildman–Crippen MR) is 106 cm³/mol. The van der Waals surface area contributed by atoms with E-state index >= 15 is 0 Å². The highest BCUT2D eigenvalue weighted by Crippen LogP contribution is 2.29. The fraction of sp³-hybridized carbons (Fsp3) is 0.143. The Morgan fingerprint density at radius 1 is 0.929 bits per heavy atom. The van der Waals surface area contributed by atoms with E-state index in [-0.39, 0.29) is 17.7 Å². The van der Waals surface area contributed by atoms with E-state index in [0.29, 0.717) is 5.69 Å². The summed E-state index contributed by atoms with van der Waals surface area (Å²) >= 11 is 0. The lowest BCUT2D eigenvalue weighted by Crippen LogP contribution is -2.45. The average Bonchev–Trinajstić information content (AvgIpc) is 3.11. The molecule has 6 nitrogen and oxygen atoms in total. The van der Waals surface area contributed by atoms with Crippen molar-refractivity contribution in [3.05, 3.63) is 72.8 Å². The number of hydrogen-bond donors (Lipinski definition) is 1. The van der Waals surface area contributed by atoms with Gasteiger partial charge in [0.15, 0.2) is 0 Å². The molecule has 0 saturated carbocycles. The van der Waals surface area contributed by atoms with Crippen LogP contribution in [-0.2, 0) is 19.6 Å². The van der Waals surface area contributed by atoms with Crippen LogP contribution in [0, 0.1) is 0 Å². The van der Waals surface area contributed by atoms with E-state index in [1.54, 1.807) is 24.3 Å². The Hall–Kier alpha value is -3.19. The second-order valence-corrected chi connectivity index (χ2v) is 8.39. The molecule has 0 bridgehead atoms. The summed E-state index contributed by atoms with van der Waals surface area (Å²) in [6.45, 7) is 0. The molecule has 1 unspecified atom stereocenters. The first-order valence-electron chi connectivity index (χ1n) is 8.89. The van der Waals surface area contributed by atoms with Gasteiger partial charge in [-0.15, -0.1) is 0 Å². The zero-order valence-corrected chi connectivity index (χ0v) is 15.7. The average molecular weight is 394 g/mol. The Bertz CT molecular complexity index is 1150. The molecule has 0 radical (unpaired) electrons. The van der Waals surface area contributed by atoms with Gasteiger partial charge in [0.05, 0.1) is 4.90 Å². The Morgan fingerprint density at radius 3 is 2.39 bits per heavy atom. The van der Waals surface area contributed by atoms with Crippen molar-refractivity contribution in [2.24, 2.45) is 0 Å². The molecule has 1 saturated heterocycles. The summed E-state index contributed by atoms with van der Waals surface area (Å²) in [6.07, 6.45) is 0.168. The molecule has 1 fully saturated rings. The number of nitrogens with one attached hydrogen (secondary N) is 1. The Balaban J connectivity index is 1.66. The topological polar surface area (TPSA) is 83.6 Å². The minimum Gasteiger partial charge on any atom is -0.324 e. The number of nitrogens with zero attached hydrogens (tertiary/aromatic N) is 1. The molecule has 0 aliphatic carbocycles. The Labute approximate surface area is 162 Å². The molecule has 3 aromatic rings. The smallest absolute Gasteiger partial charge is 0.267 e. The van der Waals surface area contributed by atoms with Gasteiger partial charge in [-0.25, -0.2) is 12.7 Å². The maximum absolute atomic E-state index is 12.9. The lowest BCUT2D eigenvalue weighted by molar-refractivity contribution is -0.128. The first-order chi connectivity index (χ1) is 13.5. The van der Waals surface area contributed by atoms with E-state index in [9.17, 15) is 18.0 Å². The van der Waals surface area contributed by atoms with Gasteiger partial charge in [-0.2, -0.15) is 0 Å². The Kier molecular flexibility index (Phi) is 4.60. The van der Waals surface area contributed by atoms with Gasteiger partial charge < -0.3 is 5.32 Å². The van der Waals surface area contributed by atoms with Crippen LogP contribution in [0.3, 0.4) is 0 Å². The van der Waals surface area contributed by atoms with Crippen molar-refractivity contribution in [2.45, 2.75) is 23.8 Å². The summed E-state index contributed by atoms with van der Waals surface area (Å²) in [4.78, 5) is 25.3. The molecule has 1 atom stereocenters. The second-order valence-electron chi connectivity index (χ2n) is 6.58. The number of amides is 2. The molecule has 4 rings (SSSR count). The highest BCUT2D eigenvalue weighted by Gasteiger charge is 2.44. The van der Waals surface area contributed by atoms with Crippen LogP contribution in [0.4, 0.5) is 5.69 Å². The van der Waals surface area contributed by atoms with Crippen LogP contribution in [0.5, 0.6) is 0 Å². The molecule has 1 aliphatic heterocycles. The fourth-order valence-corrected chi connectivity index (χ4v) is 5.08. The lowest BCUT2D eigenvalue weighted by atomic mass is 10.1. The molecule has 0 aromatic heterocycles. The lowest BCUT2D eigenvalue weighted by Gasteiger charge is -2.24. The van der Waals surface area contributed by atoms with Crippen LogP contribution in [0.1, 0.15) is 12.8 Å². The summed E-state index contributed by atoms with van der Waals surface area (Å²) in [5.74, 6) is -1.08. The number of rotatable bonds is 4. The number of anilines is 1. The molecule has 0 spiro atoms. The zero-order valence-electron chi connectivity index (χ0n) is 14.9. The third-order valence-electron chi connectivity index (χ3n) is 4.81. The number of carbonyl (C=O) groups is 2. The van der Waals surface area contributed by atoms with Gasteiger partial charge in [0.2, 0.25) is 11.8 Å². The summed E-state index contributed by atoms with van der Waals surface area (Å²) < 4.78 is 26.6. The van der Waals surface area contributed by atoms with E-state index in [1.807, 2.05) is 36.4 Å². The molecule has 142 valence electrons. The van der Waals surface area contributed by atoms with Crippen molar-refractivity contribution in [3.63, 3.8) is 0 Å². The van der Waals surface area contributed by atoms with Crippen LogP contribution in [0.25, 0.3) is 10.8 Å². The van der Waals surface area contributed by atoms with Gasteiger partial charge in [0.1, 0.15) is 6.04 Å². The molecular weight excluding hydrogens is 376 g/mol. The molecule has 3 aromatic carbocycles. The van der Waals surface area contributed by atoms with Crippen molar-refractivity contribution in [1.82, 2.24) is 4.31 Å². The second kappa shape index (κ2) is 7.09. The van der Waals surface area contributed by atoms with Crippen LogP contribution < -0.4 is 5.32 Å². The van der Waals surface area contributed by atoms with E-state index in [1.165, 1.54) is 12.1 Å². The largest absolute Gasteiger partial charge is 0.324 e. The van der Waals surface area contributed by atoms with Crippen molar-refractivity contribution in [1.29, 1.82) is 0 Å². The minimum absolute atomic E-state index is 0.00629. The molecule has 1 heterocycles. The standard InChI is InChI=1S/C21H18N2O4S/c24-20-14-13-19(23(20)28(26,27)16-9-2-1-3-10-16)21(25)22-18-12-6-8-15-7-4-5-11-17(15)18/h1-12,19H,13-14H2,(H,22,25). The van der Waals surface area contributed by atoms with E-state index < -0.39 is 27.9 Å². The predicted octanol–water partition coefficient (Wildman–Crippen LogP) is 3.16. The number of benzene rings is 3. The zero-order chi connectivity index (χ0) is 19.7. The van der Waals surface area contributed by atoms with Gasteiger partial charge in [-0.05, 0) is 30.0 Å². The van der Waals surface area contributed by atoms with Gasteiger partial charge in [-0.1, -0.05) is 54.6 Å². The fourth-order valence-electron chi connectivity index (χ4n) is 3.46. The van der Waals surface area contributed by atoms with Crippen molar-refractivity contribution < 1.29 is 18.0 Å². The molecule has 2 amide bonds. The van der Waals surface area contributed by atoms with E-state index in [2.05, 4.69) is 5.32 Å². The van der Waals surface area contributed by atoms with Gasteiger partial charge in [0, 0.05) is 17.5 Å². The van der Waals surface area contributed by atoms with Crippen molar-refractivity contribution in [3.8, 4) is 0 Å². The molecule has 7 heteroatoms. The van der Waals surface area contributed by atoms with E-state index in [0.717, 1.165) is 15.1 Å². The number of sulfonamides is 1. The number of hydrogen-bond acceptors (Lipinski definition) is 4. The summed E-state index contributed by atoms with van der Waals surface area (Å²) in [7, 11) is -4.09. The molecule has 1 aliphatic rings. The summed E-state index contributed by atoms with van der Waals surface area (Å²) in [5, 5.41) is 4.61. The van der Waals surface area contributed by atoms with Crippen LogP contribution in [0.15, 0.2) is 77.7 Å². The maximum atomic E-state index is 12.9. The highest BCUT2D eigenvalue weighted by molar-refractivity contribution is 7.89. The summed E-state index contributed by atoms with van der Waals surface area (Å²) in [5.41, 5.74) is 0.583. The molecule has 28 heavy (non-hydrogen) atoms. The quantitative estimate of drug-likeness (QED) is 0.737. The first-order valence-corrected chi connectivity index (χ1v) is 10.3. The third-order valence-corrected chi connectivity index (χ3v) is 6.65. The van der Waals surface area contributed by atoms with Crippen LogP contribution >= 0.6 is 0 Å². The van der Waals surface area contributed by atoms with Crippen molar-refractivity contribution >= 4 is 38.3 Å².